The number of ether oxygens (including phenoxy) is 1. The fourth-order valence-corrected chi connectivity index (χ4v) is 3.58. The van der Waals surface area contributed by atoms with Crippen molar-refractivity contribution in [2.75, 3.05) is 26.4 Å². The standard InChI is InChI=1S/C14H17FN2O4S/c15-13-2-1-12(7-11(13)8-16)22(19,20)17-9-14(3-5-18)4-6-21-10-14/h1-2,7,17-18H,3-6,9-10H2/t14-/m0/s1. The van der Waals surface area contributed by atoms with Crippen molar-refractivity contribution < 1.29 is 22.7 Å². The molecule has 1 heterocycles. The van der Waals surface area contributed by atoms with E-state index in [1.165, 1.54) is 0 Å². The highest BCUT2D eigenvalue weighted by molar-refractivity contribution is 7.89. The van der Waals surface area contributed by atoms with Gasteiger partial charge < -0.3 is 9.84 Å². The first-order chi connectivity index (χ1) is 10.4. The minimum absolute atomic E-state index is 0.0553. The normalized spacial score (nSPS) is 21.7. The van der Waals surface area contributed by atoms with Gasteiger partial charge in [-0.25, -0.2) is 17.5 Å². The molecule has 0 amide bonds. The van der Waals surface area contributed by atoms with Crippen molar-refractivity contribution in [2.24, 2.45) is 5.41 Å². The lowest BCUT2D eigenvalue weighted by Gasteiger charge is -2.26. The van der Waals surface area contributed by atoms with Crippen LogP contribution in [0.15, 0.2) is 23.1 Å². The Hall–Kier alpha value is -1.53. The molecule has 0 aliphatic carbocycles. The number of aliphatic hydroxyl groups is 1. The lowest BCUT2D eigenvalue weighted by atomic mass is 9.84. The maximum Gasteiger partial charge on any atom is 0.240 e. The van der Waals surface area contributed by atoms with E-state index in [-0.39, 0.29) is 23.6 Å². The van der Waals surface area contributed by atoms with Crippen LogP contribution in [0.1, 0.15) is 18.4 Å². The number of nitrogens with one attached hydrogen (secondary N) is 1. The Kier molecular flexibility index (Phi) is 5.13. The van der Waals surface area contributed by atoms with Crippen LogP contribution in [0, 0.1) is 22.6 Å². The molecule has 0 bridgehead atoms. The fraction of sp³-hybridized carbons (Fsp3) is 0.500. The molecule has 0 radical (unpaired) electrons. The molecule has 1 saturated heterocycles. The zero-order valence-electron chi connectivity index (χ0n) is 11.9. The molecule has 1 aromatic rings. The van der Waals surface area contributed by atoms with Crippen LogP contribution in [0.2, 0.25) is 0 Å². The summed E-state index contributed by atoms with van der Waals surface area (Å²) in [6.07, 6.45) is 1.09. The topological polar surface area (TPSA) is 99.4 Å². The van der Waals surface area contributed by atoms with Gasteiger partial charge in [-0.2, -0.15) is 5.26 Å². The van der Waals surface area contributed by atoms with Crippen molar-refractivity contribution in [1.29, 1.82) is 5.26 Å². The van der Waals surface area contributed by atoms with Gasteiger partial charge in [0.05, 0.1) is 17.1 Å². The average molecular weight is 328 g/mol. The lowest BCUT2D eigenvalue weighted by Crippen LogP contribution is -2.38. The van der Waals surface area contributed by atoms with E-state index in [0.717, 1.165) is 18.2 Å². The van der Waals surface area contributed by atoms with Crippen molar-refractivity contribution in [3.05, 3.63) is 29.6 Å². The Bertz CT molecular complexity index is 679. The SMILES string of the molecule is N#Cc1cc(S(=O)(=O)NC[C@]2(CCO)CCOC2)ccc1F. The molecule has 1 aliphatic heterocycles. The average Bonchev–Trinajstić information content (AvgIpc) is 2.95. The van der Waals surface area contributed by atoms with E-state index in [9.17, 15) is 12.8 Å². The fourth-order valence-electron chi connectivity index (χ4n) is 2.40. The molecule has 22 heavy (non-hydrogen) atoms. The van der Waals surface area contributed by atoms with Gasteiger partial charge in [0, 0.05) is 25.2 Å². The Morgan fingerprint density at radius 2 is 2.27 bits per heavy atom. The van der Waals surface area contributed by atoms with Gasteiger partial charge >= 0.3 is 0 Å². The summed E-state index contributed by atoms with van der Waals surface area (Å²) in [4.78, 5) is -0.163. The summed E-state index contributed by atoms with van der Waals surface area (Å²) in [5, 5.41) is 17.9. The smallest absolute Gasteiger partial charge is 0.240 e. The molecule has 1 fully saturated rings. The van der Waals surface area contributed by atoms with E-state index < -0.39 is 21.3 Å². The van der Waals surface area contributed by atoms with E-state index in [1.54, 1.807) is 6.07 Å². The summed E-state index contributed by atoms with van der Waals surface area (Å²) >= 11 is 0. The van der Waals surface area contributed by atoms with Crippen LogP contribution < -0.4 is 4.72 Å². The number of aliphatic hydroxyl groups excluding tert-OH is 1. The molecule has 1 aromatic carbocycles. The molecule has 2 N–H and O–H groups in total. The molecular weight excluding hydrogens is 311 g/mol. The zero-order valence-corrected chi connectivity index (χ0v) is 12.7. The molecule has 1 atom stereocenters. The molecule has 2 rings (SSSR count). The third-order valence-electron chi connectivity index (χ3n) is 3.83. The highest BCUT2D eigenvalue weighted by atomic mass is 32.2. The first-order valence-corrected chi connectivity index (χ1v) is 8.29. The second-order valence-corrected chi connectivity index (χ2v) is 7.12. The van der Waals surface area contributed by atoms with Gasteiger partial charge in [0.15, 0.2) is 0 Å². The maximum absolute atomic E-state index is 13.3. The second-order valence-electron chi connectivity index (χ2n) is 5.35. The number of sulfonamides is 1. The van der Waals surface area contributed by atoms with Crippen LogP contribution in [0.5, 0.6) is 0 Å². The Morgan fingerprint density at radius 1 is 1.50 bits per heavy atom. The summed E-state index contributed by atoms with van der Waals surface area (Å²) in [5.41, 5.74) is -0.753. The van der Waals surface area contributed by atoms with Gasteiger partial charge in [0.2, 0.25) is 10.0 Å². The number of rotatable bonds is 6. The highest BCUT2D eigenvalue weighted by Crippen LogP contribution is 2.31. The van der Waals surface area contributed by atoms with Crippen LogP contribution in [0.25, 0.3) is 0 Å². The predicted molar refractivity (Wildman–Crippen MR) is 75.9 cm³/mol. The van der Waals surface area contributed by atoms with Gasteiger partial charge in [-0.1, -0.05) is 0 Å². The summed E-state index contributed by atoms with van der Waals surface area (Å²) in [7, 11) is -3.86. The largest absolute Gasteiger partial charge is 0.396 e. The van der Waals surface area contributed by atoms with Gasteiger partial charge in [-0.15, -0.1) is 0 Å². The van der Waals surface area contributed by atoms with Crippen LogP contribution in [0.3, 0.4) is 0 Å². The number of benzene rings is 1. The number of nitrogens with zero attached hydrogens (tertiary/aromatic N) is 1. The van der Waals surface area contributed by atoms with Crippen LogP contribution in [0.4, 0.5) is 4.39 Å². The van der Waals surface area contributed by atoms with Crippen molar-refractivity contribution in [3.8, 4) is 6.07 Å². The number of hydrogen-bond acceptors (Lipinski definition) is 5. The molecular formula is C14H17FN2O4S. The van der Waals surface area contributed by atoms with E-state index in [1.807, 2.05) is 0 Å². The van der Waals surface area contributed by atoms with Crippen molar-refractivity contribution >= 4 is 10.0 Å². The van der Waals surface area contributed by atoms with Crippen molar-refractivity contribution in [2.45, 2.75) is 17.7 Å². The third kappa shape index (κ3) is 3.62. The van der Waals surface area contributed by atoms with Gasteiger partial charge in [-0.05, 0) is 31.0 Å². The van der Waals surface area contributed by atoms with Gasteiger partial charge in [0.1, 0.15) is 11.9 Å². The first-order valence-electron chi connectivity index (χ1n) is 6.80. The van der Waals surface area contributed by atoms with Gasteiger partial charge in [0.25, 0.3) is 0 Å². The summed E-state index contributed by atoms with van der Waals surface area (Å²) < 4.78 is 45.6. The van der Waals surface area contributed by atoms with E-state index in [4.69, 9.17) is 15.1 Å². The molecule has 0 saturated carbocycles. The Morgan fingerprint density at radius 3 is 2.86 bits per heavy atom. The first kappa shape index (κ1) is 16.8. The third-order valence-corrected chi connectivity index (χ3v) is 5.23. The number of hydrogen-bond donors (Lipinski definition) is 2. The van der Waals surface area contributed by atoms with E-state index in [0.29, 0.717) is 26.1 Å². The second kappa shape index (κ2) is 6.71. The summed E-state index contributed by atoms with van der Waals surface area (Å²) in [6, 6.07) is 4.68. The lowest BCUT2D eigenvalue weighted by molar-refractivity contribution is 0.128. The van der Waals surface area contributed by atoms with Gasteiger partial charge in [-0.3, -0.25) is 0 Å². The van der Waals surface area contributed by atoms with E-state index >= 15 is 0 Å². The molecule has 1 aliphatic rings. The van der Waals surface area contributed by atoms with Crippen molar-refractivity contribution in [3.63, 3.8) is 0 Å². The highest BCUT2D eigenvalue weighted by Gasteiger charge is 2.35. The van der Waals surface area contributed by atoms with E-state index in [2.05, 4.69) is 4.72 Å². The minimum Gasteiger partial charge on any atom is -0.396 e. The molecule has 8 heteroatoms. The molecule has 6 nitrogen and oxygen atoms in total. The number of nitriles is 1. The number of halogens is 1. The Labute approximate surface area is 128 Å². The summed E-state index contributed by atoms with van der Waals surface area (Å²) in [5.74, 6) is -0.762. The van der Waals surface area contributed by atoms with Crippen LogP contribution in [-0.4, -0.2) is 39.9 Å². The zero-order chi connectivity index (χ0) is 16.2. The summed E-state index contributed by atoms with van der Waals surface area (Å²) in [6.45, 7) is 0.967. The molecule has 0 unspecified atom stereocenters. The van der Waals surface area contributed by atoms with Crippen molar-refractivity contribution in [1.82, 2.24) is 4.72 Å². The molecule has 120 valence electrons. The predicted octanol–water partition coefficient (Wildman–Crippen LogP) is 0.765. The van der Waals surface area contributed by atoms with Crippen LogP contribution >= 0.6 is 0 Å². The Balaban J connectivity index is 2.16. The maximum atomic E-state index is 13.3. The van der Waals surface area contributed by atoms with Crippen LogP contribution in [-0.2, 0) is 14.8 Å². The monoisotopic (exact) mass is 328 g/mol. The quantitative estimate of drug-likeness (QED) is 0.803. The molecule has 0 aromatic heterocycles. The molecule has 0 spiro atoms. The minimum atomic E-state index is -3.86.